The van der Waals surface area contributed by atoms with Gasteiger partial charge in [0.2, 0.25) is 0 Å². The van der Waals surface area contributed by atoms with Gasteiger partial charge < -0.3 is 4.74 Å². The summed E-state index contributed by atoms with van der Waals surface area (Å²) in [6, 6.07) is 3.00. The molecule has 1 aromatic heterocycles. The fourth-order valence-corrected chi connectivity index (χ4v) is 2.53. The molecular formula is C12H9BrN4O3. The lowest BCUT2D eigenvalue weighted by atomic mass is 10.2. The molecule has 2 heterocycles. The molecule has 1 aromatic carbocycles. The van der Waals surface area contributed by atoms with E-state index in [1.807, 2.05) is 6.20 Å². The van der Waals surface area contributed by atoms with Gasteiger partial charge in [0, 0.05) is 30.1 Å². The molecule has 0 atom stereocenters. The van der Waals surface area contributed by atoms with Crippen LogP contribution in [0.5, 0.6) is 5.75 Å². The van der Waals surface area contributed by atoms with Gasteiger partial charge in [-0.05, 0) is 15.9 Å². The van der Waals surface area contributed by atoms with Crippen LogP contribution in [0.15, 0.2) is 27.8 Å². The topological polar surface area (TPSA) is 82.5 Å². The highest BCUT2D eigenvalue weighted by Crippen LogP contribution is 2.35. The van der Waals surface area contributed by atoms with Crippen molar-refractivity contribution in [2.45, 2.75) is 6.54 Å². The van der Waals surface area contributed by atoms with Gasteiger partial charge in [-0.15, -0.1) is 0 Å². The number of methoxy groups -OCH3 is 1. The van der Waals surface area contributed by atoms with Gasteiger partial charge in [-0.25, -0.2) is 4.68 Å². The Hall–Kier alpha value is -2.22. The van der Waals surface area contributed by atoms with Crippen molar-refractivity contribution in [1.29, 1.82) is 0 Å². The molecule has 0 fully saturated rings. The number of ether oxygens (including phenoxy) is 1. The maximum absolute atomic E-state index is 11.0. The molecule has 0 amide bonds. The molecule has 20 heavy (non-hydrogen) atoms. The van der Waals surface area contributed by atoms with E-state index in [2.05, 4.69) is 26.0 Å². The average Bonchev–Trinajstić information content (AvgIpc) is 2.99. The van der Waals surface area contributed by atoms with Crippen LogP contribution in [0.2, 0.25) is 0 Å². The Morgan fingerprint density at radius 1 is 1.50 bits per heavy atom. The van der Waals surface area contributed by atoms with E-state index in [4.69, 9.17) is 4.74 Å². The predicted molar refractivity (Wildman–Crippen MR) is 75.8 cm³/mol. The Bertz CT molecular complexity index is 739. The molecule has 1 aliphatic heterocycles. The van der Waals surface area contributed by atoms with Gasteiger partial charge in [-0.3, -0.25) is 15.1 Å². The molecule has 8 heteroatoms. The molecule has 0 bridgehead atoms. The van der Waals surface area contributed by atoms with Crippen molar-refractivity contribution in [2.75, 3.05) is 7.11 Å². The molecular weight excluding hydrogens is 328 g/mol. The van der Waals surface area contributed by atoms with Gasteiger partial charge in [0.15, 0.2) is 5.75 Å². The normalized spacial score (nSPS) is 12.5. The molecule has 0 saturated carbocycles. The monoisotopic (exact) mass is 336 g/mol. The Morgan fingerprint density at radius 3 is 2.95 bits per heavy atom. The Kier molecular flexibility index (Phi) is 3.01. The van der Waals surface area contributed by atoms with Gasteiger partial charge in [0.25, 0.3) is 0 Å². The minimum atomic E-state index is -0.483. The van der Waals surface area contributed by atoms with Crippen LogP contribution >= 0.6 is 15.9 Å². The van der Waals surface area contributed by atoms with Crippen LogP contribution in [0.1, 0.15) is 11.3 Å². The number of nitro benzene ring substituents is 1. The summed E-state index contributed by atoms with van der Waals surface area (Å²) in [4.78, 5) is 14.6. The number of hydrogen-bond acceptors (Lipinski definition) is 5. The Balaban J connectivity index is 2.13. The number of fused-ring (bicyclic) bond motifs is 1. The highest BCUT2D eigenvalue weighted by Gasteiger charge is 2.20. The zero-order valence-corrected chi connectivity index (χ0v) is 12.0. The highest BCUT2D eigenvalue weighted by molar-refractivity contribution is 9.10. The van der Waals surface area contributed by atoms with Crippen molar-refractivity contribution in [1.82, 2.24) is 9.78 Å². The van der Waals surface area contributed by atoms with Crippen LogP contribution < -0.4 is 4.74 Å². The third kappa shape index (κ3) is 1.97. The summed E-state index contributed by atoms with van der Waals surface area (Å²) in [6.07, 6.45) is 3.59. The van der Waals surface area contributed by atoms with E-state index in [9.17, 15) is 10.1 Å². The first-order valence-corrected chi connectivity index (χ1v) is 6.50. The maximum atomic E-state index is 11.0. The van der Waals surface area contributed by atoms with E-state index in [1.54, 1.807) is 17.0 Å². The summed E-state index contributed by atoms with van der Waals surface area (Å²) in [6.45, 7) is 0.560. The predicted octanol–water partition coefficient (Wildman–Crippen LogP) is 2.48. The number of hydrogen-bond donors (Lipinski definition) is 0. The Labute approximate surface area is 122 Å². The van der Waals surface area contributed by atoms with Crippen LogP contribution in [0.4, 0.5) is 5.69 Å². The number of halogens is 1. The second-order valence-corrected chi connectivity index (χ2v) is 5.03. The first-order chi connectivity index (χ1) is 9.60. The fraction of sp³-hybridized carbons (Fsp3) is 0.167. The first-order valence-electron chi connectivity index (χ1n) is 5.71. The van der Waals surface area contributed by atoms with Gasteiger partial charge in [0.05, 0.1) is 34.4 Å². The van der Waals surface area contributed by atoms with Gasteiger partial charge >= 0.3 is 5.69 Å². The SMILES string of the molecule is COc1cc(-n2cc3c(n2)CN=C3)c(Br)cc1[N+](=O)[O-]. The number of nitrogens with zero attached hydrogens (tertiary/aromatic N) is 4. The van der Waals surface area contributed by atoms with Crippen LogP contribution in [-0.4, -0.2) is 28.0 Å². The molecule has 1 aliphatic rings. The zero-order chi connectivity index (χ0) is 14.3. The molecule has 0 spiro atoms. The van der Waals surface area contributed by atoms with Crippen molar-refractivity contribution in [3.8, 4) is 11.4 Å². The Morgan fingerprint density at radius 2 is 2.30 bits per heavy atom. The maximum Gasteiger partial charge on any atom is 0.312 e. The van der Waals surface area contributed by atoms with Crippen molar-refractivity contribution in [2.24, 2.45) is 4.99 Å². The number of benzene rings is 1. The van der Waals surface area contributed by atoms with Crippen LogP contribution in [-0.2, 0) is 6.54 Å². The molecule has 0 saturated heterocycles. The molecule has 2 aromatic rings. The van der Waals surface area contributed by atoms with Crippen molar-refractivity contribution >= 4 is 27.8 Å². The molecule has 7 nitrogen and oxygen atoms in total. The molecule has 0 N–H and O–H groups in total. The highest BCUT2D eigenvalue weighted by atomic mass is 79.9. The first kappa shape index (κ1) is 12.8. The van der Waals surface area contributed by atoms with Crippen molar-refractivity contribution in [3.05, 3.63) is 44.2 Å². The quantitative estimate of drug-likeness (QED) is 0.636. The average molecular weight is 337 g/mol. The van der Waals surface area contributed by atoms with E-state index in [0.29, 0.717) is 16.7 Å². The number of nitro groups is 1. The summed E-state index contributed by atoms with van der Waals surface area (Å²) < 4.78 is 7.30. The van der Waals surface area contributed by atoms with E-state index in [-0.39, 0.29) is 11.4 Å². The fourth-order valence-electron chi connectivity index (χ4n) is 2.02. The third-order valence-corrected chi connectivity index (χ3v) is 3.62. The van der Waals surface area contributed by atoms with Gasteiger partial charge in [0.1, 0.15) is 0 Å². The van der Waals surface area contributed by atoms with E-state index in [0.717, 1.165) is 11.3 Å². The zero-order valence-electron chi connectivity index (χ0n) is 10.4. The minimum absolute atomic E-state index is 0.0932. The second kappa shape index (κ2) is 4.71. The lowest BCUT2D eigenvalue weighted by Crippen LogP contribution is -2.01. The van der Waals surface area contributed by atoms with Crippen LogP contribution in [0.3, 0.4) is 0 Å². The minimum Gasteiger partial charge on any atom is -0.490 e. The van der Waals surface area contributed by atoms with Crippen LogP contribution in [0, 0.1) is 10.1 Å². The standard InChI is InChI=1S/C12H9BrN4O3/c1-20-12-3-10(8(13)2-11(12)17(18)19)16-6-7-4-14-5-9(7)15-16/h2-4,6H,5H2,1H3. The van der Waals surface area contributed by atoms with Gasteiger partial charge in [-0.2, -0.15) is 5.10 Å². The summed E-state index contributed by atoms with van der Waals surface area (Å²) in [5.41, 5.74) is 2.42. The number of aliphatic imine (C=N–C) groups is 1. The van der Waals surface area contributed by atoms with E-state index >= 15 is 0 Å². The third-order valence-electron chi connectivity index (χ3n) is 2.99. The van der Waals surface area contributed by atoms with Crippen molar-refractivity contribution < 1.29 is 9.66 Å². The molecule has 0 unspecified atom stereocenters. The largest absolute Gasteiger partial charge is 0.490 e. The molecule has 3 rings (SSSR count). The number of aromatic nitrogens is 2. The van der Waals surface area contributed by atoms with Crippen LogP contribution in [0.25, 0.3) is 5.69 Å². The summed E-state index contributed by atoms with van der Waals surface area (Å²) >= 11 is 3.33. The smallest absolute Gasteiger partial charge is 0.312 e. The lowest BCUT2D eigenvalue weighted by Gasteiger charge is -2.08. The molecule has 0 radical (unpaired) electrons. The molecule has 0 aliphatic carbocycles. The summed E-state index contributed by atoms with van der Waals surface area (Å²) in [5, 5.41) is 15.4. The second-order valence-electron chi connectivity index (χ2n) is 4.18. The lowest BCUT2D eigenvalue weighted by molar-refractivity contribution is -0.385. The van der Waals surface area contributed by atoms with Gasteiger partial charge in [-0.1, -0.05) is 0 Å². The summed E-state index contributed by atoms with van der Waals surface area (Å²) in [5.74, 6) is 0.192. The molecule has 102 valence electrons. The van der Waals surface area contributed by atoms with Crippen molar-refractivity contribution in [3.63, 3.8) is 0 Å². The van der Waals surface area contributed by atoms with E-state index in [1.165, 1.54) is 13.2 Å². The van der Waals surface area contributed by atoms with E-state index < -0.39 is 4.92 Å². The summed E-state index contributed by atoms with van der Waals surface area (Å²) in [7, 11) is 1.40. The number of rotatable bonds is 3.